The highest BCUT2D eigenvalue weighted by Crippen LogP contribution is 2.28. The van der Waals surface area contributed by atoms with E-state index >= 15 is 0 Å². The zero-order valence-corrected chi connectivity index (χ0v) is 13.1. The minimum atomic E-state index is -0.343. The van der Waals surface area contributed by atoms with E-state index in [0.29, 0.717) is 28.9 Å². The molecule has 0 unspecified atom stereocenters. The summed E-state index contributed by atoms with van der Waals surface area (Å²) < 4.78 is 18.5. The topological polar surface area (TPSA) is 21.3 Å². The van der Waals surface area contributed by atoms with Gasteiger partial charge in [-0.1, -0.05) is 36.2 Å². The molecule has 0 aromatic heterocycles. The van der Waals surface area contributed by atoms with Gasteiger partial charge in [0.05, 0.1) is 11.6 Å². The number of halogens is 3. The van der Waals surface area contributed by atoms with Gasteiger partial charge < -0.3 is 10.1 Å². The summed E-state index contributed by atoms with van der Waals surface area (Å²) in [4.78, 5) is 0. The van der Waals surface area contributed by atoms with Crippen LogP contribution in [0.2, 0.25) is 10.0 Å². The van der Waals surface area contributed by atoms with Gasteiger partial charge in [0.25, 0.3) is 0 Å². The first-order chi connectivity index (χ1) is 10.1. The second kappa shape index (κ2) is 7.53. The molecule has 0 saturated heterocycles. The molecule has 2 aromatic carbocycles. The van der Waals surface area contributed by atoms with Crippen LogP contribution in [-0.2, 0) is 6.54 Å². The molecule has 2 aromatic rings. The van der Waals surface area contributed by atoms with Crippen molar-refractivity contribution in [3.63, 3.8) is 0 Å². The highest BCUT2D eigenvalue weighted by atomic mass is 35.5. The summed E-state index contributed by atoms with van der Waals surface area (Å²) in [5.74, 6) is 0.327. The van der Waals surface area contributed by atoms with E-state index < -0.39 is 0 Å². The van der Waals surface area contributed by atoms with Gasteiger partial charge in [0.2, 0.25) is 0 Å². The second-order valence-electron chi connectivity index (χ2n) is 4.58. The van der Waals surface area contributed by atoms with Gasteiger partial charge in [-0.15, -0.1) is 0 Å². The minimum absolute atomic E-state index is 0.343. The fraction of sp³-hybridized carbons (Fsp3) is 0.250. The molecule has 0 saturated carbocycles. The van der Waals surface area contributed by atoms with Crippen molar-refractivity contribution >= 4 is 28.9 Å². The molecule has 0 radical (unpaired) electrons. The van der Waals surface area contributed by atoms with Crippen molar-refractivity contribution in [3.05, 3.63) is 57.8 Å². The molecule has 2 nitrogen and oxygen atoms in total. The van der Waals surface area contributed by atoms with E-state index in [1.807, 2.05) is 19.1 Å². The lowest BCUT2D eigenvalue weighted by molar-refractivity contribution is 0.317. The summed E-state index contributed by atoms with van der Waals surface area (Å²) in [6.45, 7) is 3.17. The maximum atomic E-state index is 13.0. The Morgan fingerprint density at radius 3 is 2.57 bits per heavy atom. The highest BCUT2D eigenvalue weighted by molar-refractivity contribution is 6.32. The van der Waals surface area contributed by atoms with Crippen molar-refractivity contribution in [2.24, 2.45) is 0 Å². The van der Waals surface area contributed by atoms with Crippen LogP contribution < -0.4 is 10.1 Å². The summed E-state index contributed by atoms with van der Waals surface area (Å²) >= 11 is 12.1. The molecule has 112 valence electrons. The minimum Gasteiger partial charge on any atom is -0.492 e. The molecule has 5 heteroatoms. The summed E-state index contributed by atoms with van der Waals surface area (Å²) in [6.07, 6.45) is 0.930. The van der Waals surface area contributed by atoms with Crippen molar-refractivity contribution < 1.29 is 9.13 Å². The van der Waals surface area contributed by atoms with E-state index in [2.05, 4.69) is 5.32 Å². The third-order valence-corrected chi connectivity index (χ3v) is 3.54. The van der Waals surface area contributed by atoms with Gasteiger partial charge in [-0.25, -0.2) is 4.39 Å². The molecule has 0 fully saturated rings. The third-order valence-electron chi connectivity index (χ3n) is 2.89. The zero-order valence-electron chi connectivity index (χ0n) is 11.6. The van der Waals surface area contributed by atoms with Crippen molar-refractivity contribution in [1.29, 1.82) is 0 Å². The number of ether oxygens (including phenoxy) is 1. The normalized spacial score (nSPS) is 10.5. The van der Waals surface area contributed by atoms with Crippen molar-refractivity contribution in [1.82, 2.24) is 0 Å². The lowest BCUT2D eigenvalue weighted by Gasteiger charge is -2.11. The van der Waals surface area contributed by atoms with E-state index in [1.165, 1.54) is 12.1 Å². The molecule has 0 aliphatic carbocycles. The van der Waals surface area contributed by atoms with Gasteiger partial charge in [0, 0.05) is 17.3 Å². The molecule has 1 N–H and O–H groups in total. The molecule has 0 bridgehead atoms. The Bertz CT molecular complexity index is 619. The maximum Gasteiger partial charge on any atom is 0.138 e. The van der Waals surface area contributed by atoms with Crippen molar-refractivity contribution in [2.45, 2.75) is 19.9 Å². The largest absolute Gasteiger partial charge is 0.492 e. The Morgan fingerprint density at radius 2 is 1.90 bits per heavy atom. The Morgan fingerprint density at radius 1 is 1.10 bits per heavy atom. The number of hydrogen-bond donors (Lipinski definition) is 1. The predicted octanol–water partition coefficient (Wildman–Crippen LogP) is 5.53. The van der Waals surface area contributed by atoms with E-state index in [0.717, 1.165) is 17.7 Å². The van der Waals surface area contributed by atoms with Gasteiger partial charge in [0.15, 0.2) is 0 Å². The fourth-order valence-electron chi connectivity index (χ4n) is 1.80. The van der Waals surface area contributed by atoms with E-state index in [1.54, 1.807) is 12.1 Å². The molecule has 0 aliphatic rings. The molecule has 0 aliphatic heterocycles. The van der Waals surface area contributed by atoms with Crippen LogP contribution in [0.3, 0.4) is 0 Å². The fourth-order valence-corrected chi connectivity index (χ4v) is 2.27. The first-order valence-corrected chi connectivity index (χ1v) is 7.46. The maximum absolute atomic E-state index is 13.0. The van der Waals surface area contributed by atoms with E-state index in [4.69, 9.17) is 27.9 Å². The molecular formula is C16H16Cl2FNO. The number of rotatable bonds is 6. The van der Waals surface area contributed by atoms with Crippen molar-refractivity contribution in [2.75, 3.05) is 11.9 Å². The van der Waals surface area contributed by atoms with Crippen molar-refractivity contribution in [3.8, 4) is 5.75 Å². The van der Waals surface area contributed by atoms with Gasteiger partial charge >= 0.3 is 0 Å². The van der Waals surface area contributed by atoms with E-state index in [9.17, 15) is 4.39 Å². The number of anilines is 1. The second-order valence-corrected chi connectivity index (χ2v) is 5.40. The average molecular weight is 328 g/mol. The Balaban J connectivity index is 2.01. The number of hydrogen-bond acceptors (Lipinski definition) is 2. The van der Waals surface area contributed by atoms with Crippen LogP contribution in [0.1, 0.15) is 18.9 Å². The first-order valence-electron chi connectivity index (χ1n) is 6.70. The Labute approximate surface area is 133 Å². The first kappa shape index (κ1) is 15.9. The molecule has 0 spiro atoms. The Kier molecular flexibility index (Phi) is 5.71. The van der Waals surface area contributed by atoms with Crippen LogP contribution in [0.15, 0.2) is 36.4 Å². The van der Waals surface area contributed by atoms with Crippen LogP contribution in [0.25, 0.3) is 0 Å². The quantitative estimate of drug-likeness (QED) is 0.752. The molecular weight excluding hydrogens is 312 g/mol. The lowest BCUT2D eigenvalue weighted by atomic mass is 10.2. The molecule has 21 heavy (non-hydrogen) atoms. The van der Waals surface area contributed by atoms with Gasteiger partial charge in [0.1, 0.15) is 11.6 Å². The summed E-state index contributed by atoms with van der Waals surface area (Å²) in [5.41, 5.74) is 1.67. The SMILES string of the molecule is CCCOc1ccc(NCc2ccc(F)cc2Cl)cc1Cl. The smallest absolute Gasteiger partial charge is 0.138 e. The predicted molar refractivity (Wildman–Crippen MR) is 86.0 cm³/mol. The van der Waals surface area contributed by atoms with Crippen LogP contribution in [-0.4, -0.2) is 6.61 Å². The van der Waals surface area contributed by atoms with Crippen LogP contribution >= 0.6 is 23.2 Å². The monoisotopic (exact) mass is 327 g/mol. The molecule has 0 heterocycles. The van der Waals surface area contributed by atoms with Crippen LogP contribution in [0.4, 0.5) is 10.1 Å². The zero-order chi connectivity index (χ0) is 15.2. The lowest BCUT2D eigenvalue weighted by Crippen LogP contribution is -2.01. The van der Waals surface area contributed by atoms with Gasteiger partial charge in [-0.05, 0) is 42.3 Å². The standard InChI is InChI=1S/C16H16Cl2FNO/c1-2-7-21-16-6-5-13(9-15(16)18)20-10-11-3-4-12(19)8-14(11)17/h3-6,8-9,20H,2,7,10H2,1H3. The molecule has 0 amide bonds. The summed E-state index contributed by atoms with van der Waals surface area (Å²) in [5, 5.41) is 4.15. The van der Waals surface area contributed by atoms with Gasteiger partial charge in [-0.3, -0.25) is 0 Å². The Hall–Kier alpha value is -1.45. The van der Waals surface area contributed by atoms with Crippen LogP contribution in [0, 0.1) is 5.82 Å². The van der Waals surface area contributed by atoms with E-state index in [-0.39, 0.29) is 5.82 Å². The molecule has 2 rings (SSSR count). The van der Waals surface area contributed by atoms with Crippen LogP contribution in [0.5, 0.6) is 5.75 Å². The third kappa shape index (κ3) is 4.51. The number of nitrogens with one attached hydrogen (secondary N) is 1. The average Bonchev–Trinajstić information content (AvgIpc) is 2.45. The number of benzene rings is 2. The summed E-state index contributed by atoms with van der Waals surface area (Å²) in [6, 6.07) is 9.85. The summed E-state index contributed by atoms with van der Waals surface area (Å²) in [7, 11) is 0. The molecule has 0 atom stereocenters. The highest BCUT2D eigenvalue weighted by Gasteiger charge is 2.05. The van der Waals surface area contributed by atoms with Gasteiger partial charge in [-0.2, -0.15) is 0 Å².